The molecule has 1 amide bonds. The molecule has 1 aliphatic heterocycles. The average Bonchev–Trinajstić information content (AvgIpc) is 3.46. The molecule has 0 radical (unpaired) electrons. The predicted molar refractivity (Wildman–Crippen MR) is 145 cm³/mol. The molecule has 11 heteroatoms. The second-order valence-electron chi connectivity index (χ2n) is 10.00. The summed E-state index contributed by atoms with van der Waals surface area (Å²) in [6.07, 6.45) is 0.0178. The third-order valence-corrected chi connectivity index (χ3v) is 7.97. The molecule has 1 aliphatic rings. The Morgan fingerprint density at radius 1 is 1.23 bits per heavy atom. The van der Waals surface area contributed by atoms with E-state index in [1.807, 2.05) is 0 Å². The Labute approximate surface area is 227 Å². The summed E-state index contributed by atoms with van der Waals surface area (Å²) < 4.78 is 25.6. The third-order valence-electron chi connectivity index (χ3n) is 7.14. The number of thiazole rings is 1. The van der Waals surface area contributed by atoms with Gasteiger partial charge in [0.15, 0.2) is 10.9 Å². The topological polar surface area (TPSA) is 151 Å². The van der Waals surface area contributed by atoms with Gasteiger partial charge >= 0.3 is 0 Å². The van der Waals surface area contributed by atoms with Crippen molar-refractivity contribution in [2.24, 2.45) is 5.73 Å². The summed E-state index contributed by atoms with van der Waals surface area (Å²) in [5, 5.41) is 11.9. The number of carbonyl (C=O) groups is 2. The summed E-state index contributed by atoms with van der Waals surface area (Å²) in [4.78, 5) is 34.5. The summed E-state index contributed by atoms with van der Waals surface area (Å²) in [5.41, 5.74) is 11.4. The van der Waals surface area contributed by atoms with Crippen molar-refractivity contribution in [3.8, 4) is 22.8 Å². The van der Waals surface area contributed by atoms with E-state index in [0.717, 1.165) is 4.70 Å². The van der Waals surface area contributed by atoms with Gasteiger partial charge in [-0.2, -0.15) is 0 Å². The van der Waals surface area contributed by atoms with Crippen molar-refractivity contribution >= 4 is 38.4 Å². The van der Waals surface area contributed by atoms with Crippen LogP contribution in [0.2, 0.25) is 0 Å². The van der Waals surface area contributed by atoms with E-state index in [2.05, 4.69) is 9.97 Å². The van der Waals surface area contributed by atoms with Gasteiger partial charge in [0.25, 0.3) is 0 Å². The summed E-state index contributed by atoms with van der Waals surface area (Å²) in [6.45, 7) is 3.21. The number of aromatic nitrogens is 2. The minimum absolute atomic E-state index is 0.00399. The van der Waals surface area contributed by atoms with Gasteiger partial charge in [0.2, 0.25) is 5.91 Å². The first-order chi connectivity index (χ1) is 18.4. The fourth-order valence-electron chi connectivity index (χ4n) is 4.63. The number of Topliss-reactive ketones (excluding diaryl/α,β-unsaturated/α-hetero) is 1. The van der Waals surface area contributed by atoms with E-state index >= 15 is 0 Å². The van der Waals surface area contributed by atoms with Crippen molar-refractivity contribution in [2.45, 2.75) is 37.7 Å². The van der Waals surface area contributed by atoms with Crippen LogP contribution < -0.4 is 20.9 Å². The second kappa shape index (κ2) is 9.58. The molecule has 5 N–H and O–H groups in total. The fourth-order valence-corrected chi connectivity index (χ4v) is 5.42. The van der Waals surface area contributed by atoms with Crippen molar-refractivity contribution in [3.63, 3.8) is 0 Å². The Morgan fingerprint density at radius 3 is 2.62 bits per heavy atom. The molecular weight excluding hydrogens is 523 g/mol. The Hall–Kier alpha value is -4.09. The van der Waals surface area contributed by atoms with Crippen LogP contribution >= 0.6 is 11.3 Å². The zero-order valence-corrected chi connectivity index (χ0v) is 22.4. The van der Waals surface area contributed by atoms with Gasteiger partial charge in [0.1, 0.15) is 46.1 Å². The van der Waals surface area contributed by atoms with E-state index in [4.69, 9.17) is 20.9 Å². The fraction of sp³-hybridized carbons (Fsp3) is 0.286. The molecule has 202 valence electrons. The predicted octanol–water partition coefficient (Wildman–Crippen LogP) is 4.09. The smallest absolute Gasteiger partial charge is 0.231 e. The van der Waals surface area contributed by atoms with Gasteiger partial charge in [-0.1, -0.05) is 11.3 Å². The van der Waals surface area contributed by atoms with Crippen LogP contribution in [0.15, 0.2) is 42.5 Å². The highest BCUT2D eigenvalue weighted by Crippen LogP contribution is 2.46. The number of halogens is 1. The first-order valence-corrected chi connectivity index (χ1v) is 13.0. The standard InChI is InChI=1S/C28H27FN4O5S/c1-27(25(30)35)13-38-24-17(27)12-21(32-22(24)14-4-6-16(29)7-5-14)28(2,36)9-8-18(34)15-10-19(37-3)23-20(11-15)39-26(31)33-23/h4-7,10-12,36H,8-9,13H2,1-3H3,(H2,30,35)(H2,31,33)/t27-,28-/m0/s1. The number of nitrogens with two attached hydrogens (primary N) is 2. The summed E-state index contributed by atoms with van der Waals surface area (Å²) in [5.74, 6) is -0.442. The molecule has 0 bridgehead atoms. The van der Waals surface area contributed by atoms with Crippen molar-refractivity contribution in [1.29, 1.82) is 0 Å². The number of ketones is 1. The lowest BCUT2D eigenvalue weighted by Crippen LogP contribution is -2.40. The minimum atomic E-state index is -1.57. The van der Waals surface area contributed by atoms with Gasteiger partial charge in [-0.25, -0.2) is 14.4 Å². The number of fused-ring (bicyclic) bond motifs is 2. The van der Waals surface area contributed by atoms with Crippen LogP contribution in [0.4, 0.5) is 9.52 Å². The number of pyridine rings is 1. The van der Waals surface area contributed by atoms with E-state index in [9.17, 15) is 19.1 Å². The highest BCUT2D eigenvalue weighted by Gasteiger charge is 2.45. The third kappa shape index (κ3) is 4.68. The number of primary amides is 1. The van der Waals surface area contributed by atoms with Gasteiger partial charge in [0, 0.05) is 23.1 Å². The molecule has 0 saturated carbocycles. The van der Waals surface area contributed by atoms with Crippen LogP contribution in [-0.2, 0) is 15.8 Å². The van der Waals surface area contributed by atoms with Gasteiger partial charge < -0.3 is 26.0 Å². The molecule has 2 aromatic carbocycles. The Bertz CT molecular complexity index is 1620. The van der Waals surface area contributed by atoms with E-state index in [1.54, 1.807) is 44.2 Å². The van der Waals surface area contributed by atoms with Crippen molar-refractivity contribution in [2.75, 3.05) is 19.5 Å². The number of nitrogen functional groups attached to an aromatic ring is 1. The summed E-state index contributed by atoms with van der Waals surface area (Å²) in [6, 6.07) is 10.6. The largest absolute Gasteiger partial charge is 0.494 e. The van der Waals surface area contributed by atoms with Crippen LogP contribution in [0, 0.1) is 5.82 Å². The van der Waals surface area contributed by atoms with E-state index in [-0.39, 0.29) is 30.9 Å². The molecule has 9 nitrogen and oxygen atoms in total. The number of hydrogen-bond donors (Lipinski definition) is 3. The summed E-state index contributed by atoms with van der Waals surface area (Å²) in [7, 11) is 1.49. The van der Waals surface area contributed by atoms with Crippen LogP contribution in [0.25, 0.3) is 21.5 Å². The number of anilines is 1. The number of carbonyl (C=O) groups excluding carboxylic acids is 2. The molecule has 0 fully saturated rings. The maximum atomic E-state index is 13.6. The molecule has 2 aromatic heterocycles. The second-order valence-corrected chi connectivity index (χ2v) is 11.1. The highest BCUT2D eigenvalue weighted by atomic mass is 32.1. The molecule has 0 spiro atoms. The molecule has 5 rings (SSSR count). The maximum Gasteiger partial charge on any atom is 0.231 e. The summed E-state index contributed by atoms with van der Waals surface area (Å²) >= 11 is 1.25. The minimum Gasteiger partial charge on any atom is -0.494 e. The molecular formula is C28H27FN4O5S. The Balaban J connectivity index is 1.49. The van der Waals surface area contributed by atoms with Crippen LogP contribution in [-0.4, -0.2) is 40.5 Å². The number of benzene rings is 2. The normalized spacial score (nSPS) is 17.9. The van der Waals surface area contributed by atoms with Gasteiger partial charge in [0.05, 0.1) is 17.5 Å². The lowest BCUT2D eigenvalue weighted by molar-refractivity contribution is -0.123. The molecule has 39 heavy (non-hydrogen) atoms. The van der Waals surface area contributed by atoms with E-state index < -0.39 is 22.7 Å². The molecule has 0 saturated heterocycles. The first-order valence-electron chi connectivity index (χ1n) is 12.2. The van der Waals surface area contributed by atoms with Gasteiger partial charge in [-0.3, -0.25) is 9.59 Å². The highest BCUT2D eigenvalue weighted by molar-refractivity contribution is 7.22. The number of hydrogen-bond acceptors (Lipinski definition) is 9. The Morgan fingerprint density at radius 2 is 1.95 bits per heavy atom. The number of rotatable bonds is 8. The van der Waals surface area contributed by atoms with E-state index in [1.165, 1.54) is 30.6 Å². The number of nitrogens with zero attached hydrogens (tertiary/aromatic N) is 2. The zero-order chi connectivity index (χ0) is 28.1. The maximum absolute atomic E-state index is 13.6. The molecule has 0 unspecified atom stereocenters. The lowest BCUT2D eigenvalue weighted by atomic mass is 9.81. The first kappa shape index (κ1) is 26.5. The van der Waals surface area contributed by atoms with Gasteiger partial charge in [-0.05, 0) is 62.7 Å². The quantitative estimate of drug-likeness (QED) is 0.278. The van der Waals surface area contributed by atoms with Crippen molar-refractivity contribution in [1.82, 2.24) is 9.97 Å². The Kier molecular flexibility index (Phi) is 6.51. The van der Waals surface area contributed by atoms with Crippen molar-refractivity contribution in [3.05, 3.63) is 65.1 Å². The number of methoxy groups -OCH3 is 1. The lowest BCUT2D eigenvalue weighted by Gasteiger charge is -2.26. The van der Waals surface area contributed by atoms with E-state index in [0.29, 0.717) is 44.5 Å². The van der Waals surface area contributed by atoms with Gasteiger partial charge in [-0.15, -0.1) is 0 Å². The number of amides is 1. The molecule has 3 heterocycles. The number of ether oxygens (including phenoxy) is 2. The zero-order valence-electron chi connectivity index (χ0n) is 21.6. The monoisotopic (exact) mass is 550 g/mol. The molecule has 4 aromatic rings. The SMILES string of the molecule is COc1cc(C(=O)CC[C@](C)(O)c2cc3c(c(-c4ccc(F)cc4)n2)OC[C@]3(C)C(N)=O)cc2sc(N)nc12. The van der Waals surface area contributed by atoms with Crippen LogP contribution in [0.5, 0.6) is 11.5 Å². The van der Waals surface area contributed by atoms with Crippen LogP contribution in [0.3, 0.4) is 0 Å². The molecule has 0 aliphatic carbocycles. The average molecular weight is 551 g/mol. The molecule has 2 atom stereocenters. The number of aliphatic hydroxyl groups is 1. The van der Waals surface area contributed by atoms with Crippen LogP contribution in [0.1, 0.15) is 48.3 Å². The van der Waals surface area contributed by atoms with Crippen molar-refractivity contribution < 1.29 is 28.6 Å².